The van der Waals surface area contributed by atoms with E-state index in [2.05, 4.69) is 46.2 Å². The highest BCUT2D eigenvalue weighted by molar-refractivity contribution is 5.92. The summed E-state index contributed by atoms with van der Waals surface area (Å²) in [6, 6.07) is 12.8. The van der Waals surface area contributed by atoms with Crippen LogP contribution in [0, 0.1) is 6.92 Å². The lowest BCUT2D eigenvalue weighted by atomic mass is 9.98. The van der Waals surface area contributed by atoms with E-state index in [1.807, 2.05) is 6.07 Å². The monoisotopic (exact) mass is 458 g/mol. The molecule has 3 aliphatic rings. The molecule has 1 amide bonds. The molecule has 4 heterocycles. The molecule has 3 fully saturated rings. The molecule has 2 N–H and O–H groups in total. The van der Waals surface area contributed by atoms with Crippen molar-refractivity contribution in [2.75, 3.05) is 4.90 Å². The minimum atomic E-state index is -0.446. The second kappa shape index (κ2) is 8.55. The fourth-order valence-electron chi connectivity index (χ4n) is 5.70. The summed E-state index contributed by atoms with van der Waals surface area (Å²) >= 11 is 0. The number of anilines is 1. The van der Waals surface area contributed by atoms with Crippen LogP contribution in [0.3, 0.4) is 0 Å². The molecule has 3 aromatic rings. The summed E-state index contributed by atoms with van der Waals surface area (Å²) < 4.78 is 12.4. The molecule has 1 aromatic carbocycles. The van der Waals surface area contributed by atoms with E-state index in [0.29, 0.717) is 30.2 Å². The number of aromatic nitrogens is 2. The van der Waals surface area contributed by atoms with Crippen LogP contribution in [0.5, 0.6) is 0 Å². The molecule has 1 aliphatic carbocycles. The van der Waals surface area contributed by atoms with Crippen molar-refractivity contribution in [3.63, 3.8) is 0 Å². The third-order valence-corrected chi connectivity index (χ3v) is 7.62. The normalized spacial score (nSPS) is 23.9. The van der Waals surface area contributed by atoms with Crippen LogP contribution < -0.4 is 10.6 Å². The summed E-state index contributed by atoms with van der Waals surface area (Å²) in [5.74, 6) is 1.97. The Bertz CT molecular complexity index is 1190. The maximum atomic E-state index is 11.4. The molecule has 3 atom stereocenters. The molecule has 2 saturated heterocycles. The third kappa shape index (κ3) is 3.88. The Morgan fingerprint density at radius 2 is 1.88 bits per heavy atom. The number of pyridine rings is 1. The first kappa shape index (κ1) is 21.4. The molecule has 2 bridgehead atoms. The minimum Gasteiger partial charge on any atom is -0.373 e. The molecule has 1 saturated carbocycles. The summed E-state index contributed by atoms with van der Waals surface area (Å²) in [5.41, 5.74) is 10.2. The first-order valence-corrected chi connectivity index (χ1v) is 12.3. The largest absolute Gasteiger partial charge is 0.373 e. The van der Waals surface area contributed by atoms with Gasteiger partial charge in [-0.25, -0.2) is 4.98 Å². The van der Waals surface area contributed by atoms with E-state index in [1.165, 1.54) is 18.4 Å². The van der Waals surface area contributed by atoms with Gasteiger partial charge in [-0.1, -0.05) is 29.4 Å². The van der Waals surface area contributed by atoms with Gasteiger partial charge in [0.2, 0.25) is 5.91 Å². The van der Waals surface area contributed by atoms with Crippen LogP contribution >= 0.6 is 0 Å². The number of piperidine rings is 1. The number of fused-ring (bicyclic) bond motifs is 2. The number of rotatable bonds is 7. The molecule has 0 spiro atoms. The first-order valence-electron chi connectivity index (χ1n) is 12.3. The highest BCUT2D eigenvalue weighted by Crippen LogP contribution is 2.45. The van der Waals surface area contributed by atoms with E-state index in [-0.39, 0.29) is 6.10 Å². The van der Waals surface area contributed by atoms with Crippen LogP contribution in [-0.2, 0) is 11.3 Å². The molecule has 7 nitrogen and oxygen atoms in total. The number of carbonyl (C=O) groups excluding carboxylic acids is 1. The zero-order valence-electron chi connectivity index (χ0n) is 19.4. The zero-order valence-corrected chi connectivity index (χ0v) is 19.4. The van der Waals surface area contributed by atoms with Crippen LogP contribution in [0.2, 0.25) is 0 Å². The number of nitrogens with two attached hydrogens (primary N) is 1. The average molecular weight is 459 g/mol. The average Bonchev–Trinajstić information content (AvgIpc) is 3.55. The van der Waals surface area contributed by atoms with Gasteiger partial charge >= 0.3 is 0 Å². The topological polar surface area (TPSA) is 94.5 Å². The van der Waals surface area contributed by atoms with Crippen molar-refractivity contribution in [2.24, 2.45) is 5.73 Å². The van der Waals surface area contributed by atoms with Crippen molar-refractivity contribution in [1.29, 1.82) is 0 Å². The SMILES string of the molecule is Cc1ccccc1-c1noc(C2CC2)c1COC1CC2CC[C@@H](C1)N2c1ccc(C(N)=O)cn1. The lowest BCUT2D eigenvalue weighted by Gasteiger charge is -2.39. The van der Waals surface area contributed by atoms with Gasteiger partial charge < -0.3 is 19.9 Å². The van der Waals surface area contributed by atoms with Gasteiger partial charge in [0.05, 0.1) is 18.3 Å². The Labute approximate surface area is 199 Å². The number of nitrogens with zero attached hydrogens (tertiary/aromatic N) is 3. The Kier molecular flexibility index (Phi) is 5.37. The minimum absolute atomic E-state index is 0.199. The van der Waals surface area contributed by atoms with E-state index in [9.17, 15) is 4.79 Å². The van der Waals surface area contributed by atoms with Gasteiger partial charge in [-0.15, -0.1) is 0 Å². The van der Waals surface area contributed by atoms with Crippen molar-refractivity contribution in [1.82, 2.24) is 10.1 Å². The van der Waals surface area contributed by atoms with Crippen LogP contribution in [-0.4, -0.2) is 34.2 Å². The van der Waals surface area contributed by atoms with Gasteiger partial charge in [0.1, 0.15) is 17.3 Å². The van der Waals surface area contributed by atoms with E-state index >= 15 is 0 Å². The van der Waals surface area contributed by atoms with Crippen molar-refractivity contribution in [2.45, 2.75) is 76.2 Å². The van der Waals surface area contributed by atoms with Crippen molar-refractivity contribution in [3.8, 4) is 11.3 Å². The molecule has 2 unspecified atom stereocenters. The van der Waals surface area contributed by atoms with E-state index in [4.69, 9.17) is 15.0 Å². The van der Waals surface area contributed by atoms with Gasteiger partial charge in [-0.2, -0.15) is 0 Å². The molecular formula is C27H30N4O3. The standard InChI is InChI=1S/C27H30N4O3/c1-16-4-2-3-5-22(16)25-23(26(34-30-25)17-6-7-17)15-33-21-12-19-9-10-20(13-21)31(19)24-11-8-18(14-29-24)27(28)32/h2-5,8,11,14,17,19-21H,6-7,9-10,12-13,15H2,1H3,(H2,28,32)/t19-,20?,21?/m0/s1. The maximum absolute atomic E-state index is 11.4. The number of aryl methyl sites for hydroxylation is 1. The third-order valence-electron chi connectivity index (χ3n) is 7.62. The van der Waals surface area contributed by atoms with Crippen LogP contribution in [0.15, 0.2) is 47.1 Å². The van der Waals surface area contributed by atoms with E-state index < -0.39 is 5.91 Å². The van der Waals surface area contributed by atoms with Gasteiger partial charge in [0.15, 0.2) is 0 Å². The lowest BCUT2D eigenvalue weighted by molar-refractivity contribution is 0.0146. The quantitative estimate of drug-likeness (QED) is 0.550. The summed E-state index contributed by atoms with van der Waals surface area (Å²) in [4.78, 5) is 18.3. The molecule has 6 rings (SSSR count). The van der Waals surface area contributed by atoms with Gasteiger partial charge in [0, 0.05) is 35.3 Å². The maximum Gasteiger partial charge on any atom is 0.250 e. The Balaban J connectivity index is 1.18. The van der Waals surface area contributed by atoms with Gasteiger partial charge in [0.25, 0.3) is 0 Å². The van der Waals surface area contributed by atoms with Gasteiger partial charge in [-0.3, -0.25) is 4.79 Å². The number of hydrogen-bond donors (Lipinski definition) is 1. The molecule has 7 heteroatoms. The van der Waals surface area contributed by atoms with Crippen LogP contribution in [0.1, 0.15) is 71.7 Å². The Morgan fingerprint density at radius 3 is 2.53 bits per heavy atom. The van der Waals surface area contributed by atoms with Crippen molar-refractivity contribution in [3.05, 3.63) is 65.0 Å². The van der Waals surface area contributed by atoms with E-state index in [0.717, 1.165) is 54.1 Å². The van der Waals surface area contributed by atoms with Crippen LogP contribution in [0.4, 0.5) is 5.82 Å². The number of carbonyl (C=O) groups is 1. The zero-order chi connectivity index (χ0) is 23.2. The second-order valence-electron chi connectivity index (χ2n) is 9.93. The first-order chi connectivity index (χ1) is 16.6. The van der Waals surface area contributed by atoms with Gasteiger partial charge in [-0.05, 0) is 63.1 Å². The molecular weight excluding hydrogens is 428 g/mol. The summed E-state index contributed by atoms with van der Waals surface area (Å²) in [7, 11) is 0. The number of ether oxygens (including phenoxy) is 1. The highest BCUT2D eigenvalue weighted by atomic mass is 16.5. The molecule has 0 radical (unpaired) electrons. The highest BCUT2D eigenvalue weighted by Gasteiger charge is 2.42. The van der Waals surface area contributed by atoms with E-state index in [1.54, 1.807) is 12.3 Å². The Morgan fingerprint density at radius 1 is 1.12 bits per heavy atom. The molecule has 2 aromatic heterocycles. The Hall–Kier alpha value is -3.19. The number of hydrogen-bond acceptors (Lipinski definition) is 6. The predicted molar refractivity (Wildman–Crippen MR) is 129 cm³/mol. The lowest BCUT2D eigenvalue weighted by Crippen LogP contribution is -2.46. The van der Waals surface area contributed by atoms with Crippen LogP contribution in [0.25, 0.3) is 11.3 Å². The van der Waals surface area contributed by atoms with Crippen molar-refractivity contribution >= 4 is 11.7 Å². The molecule has 176 valence electrons. The summed E-state index contributed by atoms with van der Waals surface area (Å²) in [5, 5.41) is 4.48. The fraction of sp³-hybridized carbons (Fsp3) is 0.444. The summed E-state index contributed by atoms with van der Waals surface area (Å²) in [6.07, 6.45) is 8.33. The number of benzene rings is 1. The fourth-order valence-corrected chi connectivity index (χ4v) is 5.70. The van der Waals surface area contributed by atoms with Crippen molar-refractivity contribution < 1.29 is 14.1 Å². The second-order valence-corrected chi connectivity index (χ2v) is 9.93. The molecule has 34 heavy (non-hydrogen) atoms. The molecule has 2 aliphatic heterocycles. The number of primary amides is 1. The summed E-state index contributed by atoms with van der Waals surface area (Å²) in [6.45, 7) is 2.65. The predicted octanol–water partition coefficient (Wildman–Crippen LogP) is 4.74. The number of amides is 1. The smallest absolute Gasteiger partial charge is 0.250 e.